The zero-order valence-corrected chi connectivity index (χ0v) is 5.63. The summed E-state index contributed by atoms with van der Waals surface area (Å²) in [5.74, 6) is -0.963. The maximum absolute atomic E-state index is 9.57. The Labute approximate surface area is 52.3 Å². The van der Waals surface area contributed by atoms with Crippen LogP contribution in [-0.4, -0.2) is 17.1 Å². The lowest BCUT2D eigenvalue weighted by atomic mass is 10.4. The molecule has 0 heterocycles. The van der Waals surface area contributed by atoms with E-state index in [1.807, 2.05) is 0 Å². The molecule has 44 valence electrons. The molecule has 0 radical (unpaired) electrons. The molecule has 3 nitrogen and oxygen atoms in total. The van der Waals surface area contributed by atoms with Crippen molar-refractivity contribution in [2.24, 2.45) is 5.73 Å². The molecule has 3 N–H and O–H groups in total. The van der Waals surface area contributed by atoms with E-state index in [9.17, 15) is 4.79 Å². The van der Waals surface area contributed by atoms with Gasteiger partial charge in [-0.15, -0.1) is 17.0 Å². The van der Waals surface area contributed by atoms with E-state index >= 15 is 0 Å². The maximum Gasteiger partial charge on any atom is 0.320 e. The minimum absolute atomic E-state index is 0. The molecule has 0 aromatic carbocycles. The number of aliphatic carboxylic acids is 1. The minimum Gasteiger partial charge on any atom is -0.480 e. The van der Waals surface area contributed by atoms with Gasteiger partial charge in [0, 0.05) is 0 Å². The molecule has 0 rings (SSSR count). The Morgan fingerprint density at radius 2 is 2.00 bits per heavy atom. The van der Waals surface area contributed by atoms with Crippen LogP contribution in [0.2, 0.25) is 0 Å². The second kappa shape index (κ2) is 4.08. The zero-order chi connectivity index (χ0) is 5.15. The largest absolute Gasteiger partial charge is 0.480 e. The van der Waals surface area contributed by atoms with Crippen LogP contribution in [0.1, 0.15) is 6.92 Å². The molecule has 0 aromatic heterocycles. The van der Waals surface area contributed by atoms with E-state index in [1.54, 1.807) is 0 Å². The van der Waals surface area contributed by atoms with Gasteiger partial charge in [0.15, 0.2) is 0 Å². The molecule has 0 saturated carbocycles. The number of hydrogen-bond donors (Lipinski definition) is 2. The fraction of sp³-hybridized carbons (Fsp3) is 0.667. The summed E-state index contributed by atoms with van der Waals surface area (Å²) in [5, 5.41) is 7.87. The number of carboxylic acid groups (broad SMARTS) is 1. The van der Waals surface area contributed by atoms with Crippen molar-refractivity contribution < 1.29 is 9.90 Å². The van der Waals surface area contributed by atoms with Crippen molar-refractivity contribution in [2.45, 2.75) is 13.0 Å². The van der Waals surface area contributed by atoms with Gasteiger partial charge in [-0.2, -0.15) is 0 Å². The van der Waals surface area contributed by atoms with Gasteiger partial charge in [0.05, 0.1) is 0 Å². The summed E-state index contributed by atoms with van der Waals surface area (Å²) in [6.07, 6.45) is 0. The number of halogens is 1. The maximum atomic E-state index is 9.57. The molecule has 0 aliphatic rings. The van der Waals surface area contributed by atoms with Crippen molar-refractivity contribution in [1.82, 2.24) is 0 Å². The molecular weight excluding hydrogens is 162 g/mol. The number of rotatable bonds is 1. The lowest BCUT2D eigenvalue weighted by Crippen LogP contribution is -2.25. The summed E-state index contributed by atoms with van der Waals surface area (Å²) < 4.78 is 0. The van der Waals surface area contributed by atoms with Gasteiger partial charge in [0.2, 0.25) is 0 Å². The Kier molecular flexibility index (Phi) is 5.83. The van der Waals surface area contributed by atoms with Gasteiger partial charge in [-0.1, -0.05) is 0 Å². The highest BCUT2D eigenvalue weighted by Gasteiger charge is 1.99. The molecule has 1 atom stereocenters. The summed E-state index contributed by atoms with van der Waals surface area (Å²) >= 11 is 0. The highest BCUT2D eigenvalue weighted by Crippen LogP contribution is 1.68. The average molecular weight is 170 g/mol. The van der Waals surface area contributed by atoms with E-state index in [4.69, 9.17) is 10.8 Å². The normalized spacial score (nSPS) is 11.7. The molecule has 0 fully saturated rings. The Bertz CT molecular complexity index is 64.0. The molecule has 0 amide bonds. The van der Waals surface area contributed by atoms with Crippen molar-refractivity contribution in [3.8, 4) is 0 Å². The molecule has 7 heavy (non-hydrogen) atoms. The van der Waals surface area contributed by atoms with Gasteiger partial charge in [-0.3, -0.25) is 4.79 Å². The van der Waals surface area contributed by atoms with Crippen molar-refractivity contribution in [2.75, 3.05) is 0 Å². The molecule has 0 saturated heterocycles. The van der Waals surface area contributed by atoms with Crippen LogP contribution in [0.5, 0.6) is 0 Å². The standard InChI is InChI=1S/C3H7NO2.BrH/c1-2(4)3(5)6;/h2H,4H2,1H3,(H,5,6);1H/t2-;/m0./s1. The molecule has 0 spiro atoms. The molecule has 0 aliphatic carbocycles. The molecule has 4 heteroatoms. The predicted octanol–water partition coefficient (Wildman–Crippen LogP) is -0.00390. The summed E-state index contributed by atoms with van der Waals surface area (Å²) in [7, 11) is 0. The number of carboxylic acids is 1. The Morgan fingerprint density at radius 1 is 1.86 bits per heavy atom. The molecule has 0 unspecified atom stereocenters. The molecule has 0 bridgehead atoms. The highest BCUT2D eigenvalue weighted by molar-refractivity contribution is 8.93. The summed E-state index contributed by atoms with van der Waals surface area (Å²) in [6.45, 7) is 1.42. The summed E-state index contributed by atoms with van der Waals surface area (Å²) in [6, 6.07) is -0.731. The SMILES string of the molecule is Br.C[C@H](N)C(=O)O. The van der Waals surface area contributed by atoms with Crippen LogP contribution in [0.4, 0.5) is 0 Å². The third kappa shape index (κ3) is 5.91. The quantitative estimate of drug-likeness (QED) is 0.581. The average Bonchev–Trinajstić information content (AvgIpc) is 1.36. The minimum atomic E-state index is -0.963. The van der Waals surface area contributed by atoms with E-state index in [2.05, 4.69) is 0 Å². The van der Waals surface area contributed by atoms with Crippen LogP contribution >= 0.6 is 17.0 Å². The first-order valence-electron chi connectivity index (χ1n) is 1.63. The van der Waals surface area contributed by atoms with Gasteiger partial charge in [-0.05, 0) is 6.92 Å². The van der Waals surface area contributed by atoms with E-state index in [-0.39, 0.29) is 17.0 Å². The van der Waals surface area contributed by atoms with E-state index in [0.29, 0.717) is 0 Å². The van der Waals surface area contributed by atoms with E-state index in [1.165, 1.54) is 6.92 Å². The van der Waals surface area contributed by atoms with E-state index in [0.717, 1.165) is 0 Å². The third-order valence-electron chi connectivity index (χ3n) is 0.390. The monoisotopic (exact) mass is 169 g/mol. The number of hydrogen-bond acceptors (Lipinski definition) is 2. The number of carbonyl (C=O) groups is 1. The van der Waals surface area contributed by atoms with Crippen LogP contribution in [0.15, 0.2) is 0 Å². The molecule has 0 aliphatic heterocycles. The predicted molar refractivity (Wildman–Crippen MR) is 31.6 cm³/mol. The Hall–Kier alpha value is -0.0900. The second-order valence-electron chi connectivity index (χ2n) is 1.13. The molecular formula is C3H8BrNO2. The van der Waals surface area contributed by atoms with Crippen LogP contribution in [-0.2, 0) is 4.79 Å². The highest BCUT2D eigenvalue weighted by atomic mass is 79.9. The van der Waals surface area contributed by atoms with Gasteiger partial charge in [0.25, 0.3) is 0 Å². The first kappa shape index (κ1) is 10.0. The number of nitrogens with two attached hydrogens (primary N) is 1. The van der Waals surface area contributed by atoms with Crippen molar-refractivity contribution in [3.05, 3.63) is 0 Å². The van der Waals surface area contributed by atoms with Crippen LogP contribution < -0.4 is 5.73 Å². The van der Waals surface area contributed by atoms with Crippen LogP contribution in [0.3, 0.4) is 0 Å². The van der Waals surface area contributed by atoms with E-state index < -0.39 is 12.0 Å². The smallest absolute Gasteiger partial charge is 0.320 e. The van der Waals surface area contributed by atoms with Gasteiger partial charge < -0.3 is 10.8 Å². The lowest BCUT2D eigenvalue weighted by molar-refractivity contribution is -0.138. The fourth-order valence-electron chi connectivity index (χ4n) is 0. The van der Waals surface area contributed by atoms with Crippen LogP contribution in [0, 0.1) is 0 Å². The first-order chi connectivity index (χ1) is 2.64. The van der Waals surface area contributed by atoms with Gasteiger partial charge in [-0.25, -0.2) is 0 Å². The lowest BCUT2D eigenvalue weighted by Gasteiger charge is -1.90. The second-order valence-corrected chi connectivity index (χ2v) is 1.13. The third-order valence-corrected chi connectivity index (χ3v) is 0.390. The molecule has 0 aromatic rings. The summed E-state index contributed by atoms with van der Waals surface area (Å²) in [4.78, 5) is 9.57. The Balaban J connectivity index is 0. The van der Waals surface area contributed by atoms with Crippen molar-refractivity contribution in [3.63, 3.8) is 0 Å². The Morgan fingerprint density at radius 3 is 2.00 bits per heavy atom. The van der Waals surface area contributed by atoms with Crippen LogP contribution in [0.25, 0.3) is 0 Å². The summed E-state index contributed by atoms with van der Waals surface area (Å²) in [5.41, 5.74) is 4.84. The fourth-order valence-corrected chi connectivity index (χ4v) is 0. The van der Waals surface area contributed by atoms with Gasteiger partial charge >= 0.3 is 5.97 Å². The van der Waals surface area contributed by atoms with Crippen molar-refractivity contribution in [1.29, 1.82) is 0 Å². The first-order valence-corrected chi connectivity index (χ1v) is 1.63. The zero-order valence-electron chi connectivity index (χ0n) is 3.92. The van der Waals surface area contributed by atoms with Gasteiger partial charge in [0.1, 0.15) is 6.04 Å². The topological polar surface area (TPSA) is 63.3 Å². The van der Waals surface area contributed by atoms with Crippen molar-refractivity contribution >= 4 is 23.0 Å².